The van der Waals surface area contributed by atoms with Gasteiger partial charge in [-0.2, -0.15) is 0 Å². The van der Waals surface area contributed by atoms with Gasteiger partial charge in [0.1, 0.15) is 0 Å². The molecule has 0 aromatic carbocycles. The summed E-state index contributed by atoms with van der Waals surface area (Å²) in [5.41, 5.74) is -0.944. The first-order valence-electron chi connectivity index (χ1n) is 7.20. The fourth-order valence-corrected chi connectivity index (χ4v) is 2.54. The van der Waals surface area contributed by atoms with Crippen molar-refractivity contribution in [2.75, 3.05) is 12.3 Å². The smallest absolute Gasteiger partial charge is 0.230 e. The van der Waals surface area contributed by atoms with Gasteiger partial charge in [-0.25, -0.2) is 4.98 Å². The van der Waals surface area contributed by atoms with E-state index in [0.29, 0.717) is 5.75 Å². The molecule has 0 radical (unpaired) electrons. The number of amides is 1. The van der Waals surface area contributed by atoms with Crippen molar-refractivity contribution in [3.8, 4) is 0 Å². The van der Waals surface area contributed by atoms with E-state index in [1.165, 1.54) is 11.8 Å². The number of carbonyl (C=O) groups is 1. The summed E-state index contributed by atoms with van der Waals surface area (Å²) < 4.78 is 2.05. The molecule has 0 saturated heterocycles. The van der Waals surface area contributed by atoms with Crippen LogP contribution >= 0.6 is 11.8 Å². The largest absolute Gasteiger partial charge is 0.388 e. The van der Waals surface area contributed by atoms with Gasteiger partial charge in [0.15, 0.2) is 5.16 Å². The van der Waals surface area contributed by atoms with Gasteiger partial charge in [-0.1, -0.05) is 25.6 Å². The molecule has 0 bridgehead atoms. The normalized spacial score (nSPS) is 15.0. The van der Waals surface area contributed by atoms with Crippen molar-refractivity contribution < 1.29 is 9.90 Å². The number of nitrogens with zero attached hydrogens (tertiary/aromatic N) is 2. The highest BCUT2D eigenvalue weighted by atomic mass is 32.2. The summed E-state index contributed by atoms with van der Waals surface area (Å²) in [7, 11) is 0. The van der Waals surface area contributed by atoms with Crippen molar-refractivity contribution in [1.82, 2.24) is 14.9 Å². The SMILES string of the molecule is CC(C)C(C)(O)CNC(=O)CSc1nccn1C(C)(C)C. The molecule has 1 aromatic rings. The predicted octanol–water partition coefficient (Wildman–Crippen LogP) is 2.25. The lowest BCUT2D eigenvalue weighted by molar-refractivity contribution is -0.120. The molecule has 1 atom stereocenters. The Balaban J connectivity index is 2.50. The first-order chi connectivity index (χ1) is 9.54. The van der Waals surface area contributed by atoms with Crippen molar-refractivity contribution in [3.05, 3.63) is 12.4 Å². The van der Waals surface area contributed by atoms with Gasteiger partial charge in [0.2, 0.25) is 5.91 Å². The Bertz CT molecular complexity index is 476. The van der Waals surface area contributed by atoms with Gasteiger partial charge < -0.3 is 15.0 Å². The zero-order chi connectivity index (χ0) is 16.3. The molecular formula is C15H27N3O2S. The molecule has 120 valence electrons. The molecule has 0 spiro atoms. The zero-order valence-electron chi connectivity index (χ0n) is 13.8. The van der Waals surface area contributed by atoms with Gasteiger partial charge in [-0.15, -0.1) is 0 Å². The number of aliphatic hydroxyl groups is 1. The molecule has 6 heteroatoms. The summed E-state index contributed by atoms with van der Waals surface area (Å²) in [6.45, 7) is 12.1. The molecule has 0 fully saturated rings. The highest BCUT2D eigenvalue weighted by Gasteiger charge is 2.25. The van der Waals surface area contributed by atoms with Crippen LogP contribution in [0.2, 0.25) is 0 Å². The van der Waals surface area contributed by atoms with Crippen LogP contribution in [0.3, 0.4) is 0 Å². The van der Waals surface area contributed by atoms with Crippen molar-refractivity contribution in [2.45, 2.75) is 57.8 Å². The second kappa shape index (κ2) is 6.83. The third-order valence-electron chi connectivity index (χ3n) is 3.55. The third kappa shape index (κ3) is 5.36. The molecule has 0 saturated carbocycles. The van der Waals surface area contributed by atoms with Crippen LogP contribution in [0.25, 0.3) is 0 Å². The summed E-state index contributed by atoms with van der Waals surface area (Å²) in [5, 5.41) is 13.7. The van der Waals surface area contributed by atoms with E-state index in [-0.39, 0.29) is 23.9 Å². The molecule has 0 aliphatic heterocycles. The van der Waals surface area contributed by atoms with E-state index in [1.54, 1.807) is 13.1 Å². The van der Waals surface area contributed by atoms with Gasteiger partial charge in [0, 0.05) is 24.5 Å². The Labute approximate surface area is 131 Å². The topological polar surface area (TPSA) is 67.2 Å². The number of hydrogen-bond donors (Lipinski definition) is 2. The predicted molar refractivity (Wildman–Crippen MR) is 86.4 cm³/mol. The minimum atomic E-state index is -0.885. The van der Waals surface area contributed by atoms with Crippen LogP contribution in [0.5, 0.6) is 0 Å². The van der Waals surface area contributed by atoms with Crippen LogP contribution in [0.1, 0.15) is 41.5 Å². The van der Waals surface area contributed by atoms with E-state index in [2.05, 4.69) is 35.6 Å². The molecule has 1 rings (SSSR count). The Morgan fingerprint density at radius 1 is 1.43 bits per heavy atom. The number of imidazole rings is 1. The molecule has 1 unspecified atom stereocenters. The Hall–Kier alpha value is -1.01. The maximum atomic E-state index is 11.9. The van der Waals surface area contributed by atoms with Crippen molar-refractivity contribution >= 4 is 17.7 Å². The van der Waals surface area contributed by atoms with Gasteiger partial charge >= 0.3 is 0 Å². The highest BCUT2D eigenvalue weighted by molar-refractivity contribution is 7.99. The molecule has 0 aliphatic rings. The fraction of sp³-hybridized carbons (Fsp3) is 0.733. The van der Waals surface area contributed by atoms with E-state index >= 15 is 0 Å². The molecule has 1 aromatic heterocycles. The summed E-state index contributed by atoms with van der Waals surface area (Å²) in [6.07, 6.45) is 3.67. The molecule has 2 N–H and O–H groups in total. The van der Waals surface area contributed by atoms with E-state index in [0.717, 1.165) is 5.16 Å². The standard InChI is InChI=1S/C15H27N3O2S/c1-11(2)15(6,20)10-17-12(19)9-21-13-16-7-8-18(13)14(3,4)5/h7-8,11,20H,9-10H2,1-6H3,(H,17,19). The van der Waals surface area contributed by atoms with Crippen LogP contribution in [-0.2, 0) is 10.3 Å². The average Bonchev–Trinajstić information content (AvgIpc) is 2.82. The van der Waals surface area contributed by atoms with Gasteiger partial charge in [0.05, 0.1) is 11.4 Å². The summed E-state index contributed by atoms with van der Waals surface area (Å²) in [4.78, 5) is 16.2. The molecule has 21 heavy (non-hydrogen) atoms. The van der Waals surface area contributed by atoms with Crippen LogP contribution in [0.4, 0.5) is 0 Å². The summed E-state index contributed by atoms with van der Waals surface area (Å²) in [6, 6.07) is 0. The number of hydrogen-bond acceptors (Lipinski definition) is 4. The molecule has 0 aliphatic carbocycles. The Morgan fingerprint density at radius 2 is 2.05 bits per heavy atom. The third-order valence-corrected chi connectivity index (χ3v) is 4.52. The fourth-order valence-electron chi connectivity index (χ4n) is 1.57. The number of nitrogens with one attached hydrogen (secondary N) is 1. The molecule has 1 heterocycles. The maximum Gasteiger partial charge on any atom is 0.230 e. The van der Waals surface area contributed by atoms with E-state index < -0.39 is 5.60 Å². The first kappa shape index (κ1) is 18.0. The van der Waals surface area contributed by atoms with E-state index in [1.807, 2.05) is 20.0 Å². The van der Waals surface area contributed by atoms with Crippen molar-refractivity contribution in [3.63, 3.8) is 0 Å². The number of aromatic nitrogens is 2. The van der Waals surface area contributed by atoms with Gasteiger partial charge in [-0.05, 0) is 33.6 Å². The quantitative estimate of drug-likeness (QED) is 0.791. The molecule has 1 amide bonds. The van der Waals surface area contributed by atoms with Gasteiger partial charge in [-0.3, -0.25) is 4.79 Å². The number of rotatable bonds is 6. The van der Waals surface area contributed by atoms with Gasteiger partial charge in [0.25, 0.3) is 0 Å². The Morgan fingerprint density at radius 3 is 2.57 bits per heavy atom. The Kier molecular flexibility index (Phi) is 5.87. The molecular weight excluding hydrogens is 286 g/mol. The number of carbonyl (C=O) groups excluding carboxylic acids is 1. The maximum absolute atomic E-state index is 11.9. The average molecular weight is 313 g/mol. The highest BCUT2D eigenvalue weighted by Crippen LogP contribution is 2.23. The zero-order valence-corrected chi connectivity index (χ0v) is 14.6. The minimum Gasteiger partial charge on any atom is -0.388 e. The monoisotopic (exact) mass is 313 g/mol. The van der Waals surface area contributed by atoms with E-state index in [4.69, 9.17) is 0 Å². The first-order valence-corrected chi connectivity index (χ1v) is 8.18. The van der Waals surface area contributed by atoms with Crippen LogP contribution < -0.4 is 5.32 Å². The lowest BCUT2D eigenvalue weighted by atomic mass is 9.93. The second-order valence-electron chi connectivity index (χ2n) is 6.83. The van der Waals surface area contributed by atoms with Crippen LogP contribution in [-0.4, -0.2) is 38.5 Å². The minimum absolute atomic E-state index is 0.0589. The summed E-state index contributed by atoms with van der Waals surface area (Å²) >= 11 is 1.41. The van der Waals surface area contributed by atoms with E-state index in [9.17, 15) is 9.90 Å². The van der Waals surface area contributed by atoms with Crippen molar-refractivity contribution in [1.29, 1.82) is 0 Å². The number of thioether (sulfide) groups is 1. The molecule has 5 nitrogen and oxygen atoms in total. The summed E-state index contributed by atoms with van der Waals surface area (Å²) in [5.74, 6) is 0.288. The lowest BCUT2D eigenvalue weighted by Gasteiger charge is -2.27. The van der Waals surface area contributed by atoms with Crippen LogP contribution in [0, 0.1) is 5.92 Å². The lowest BCUT2D eigenvalue weighted by Crippen LogP contribution is -2.44. The second-order valence-corrected chi connectivity index (χ2v) is 7.77. The van der Waals surface area contributed by atoms with Crippen molar-refractivity contribution in [2.24, 2.45) is 5.92 Å². The van der Waals surface area contributed by atoms with Crippen LogP contribution in [0.15, 0.2) is 17.6 Å².